The average Bonchev–Trinajstić information content (AvgIpc) is 2.19. The lowest BCUT2D eigenvalue weighted by molar-refractivity contribution is -0.900. The van der Waals surface area contributed by atoms with Crippen molar-refractivity contribution < 1.29 is 14.4 Å². The Bertz CT molecular complexity index is 290. The molecule has 0 aromatic rings. The van der Waals surface area contributed by atoms with Gasteiger partial charge in [-0.1, -0.05) is 0 Å². The molecule has 1 rings (SSSR count). The number of carbonyl (C=O) groups excluding carboxylic acids is 1. The fraction of sp³-hybridized carbons (Fsp3) is 0.700. The number of hydrogen-bond donors (Lipinski definition) is 2. The predicted molar refractivity (Wildman–Crippen MR) is 53.9 cm³/mol. The number of ketones is 1. The number of nitriles is 1. The van der Waals surface area contributed by atoms with E-state index in [4.69, 9.17) is 15.4 Å². The van der Waals surface area contributed by atoms with Crippen molar-refractivity contribution in [2.45, 2.75) is 6.92 Å². The molecule has 0 radical (unpaired) electrons. The molecular formula is C10H16N3O2+. The van der Waals surface area contributed by atoms with E-state index in [0.717, 1.165) is 18.0 Å². The van der Waals surface area contributed by atoms with Crippen LogP contribution in [0.2, 0.25) is 0 Å². The largest absolute Gasteiger partial charge is 0.370 e. The van der Waals surface area contributed by atoms with E-state index < -0.39 is 5.92 Å². The molecule has 15 heavy (non-hydrogen) atoms. The van der Waals surface area contributed by atoms with E-state index in [2.05, 4.69) is 0 Å². The Balaban J connectivity index is 2.46. The SMILES string of the molecule is CC(=N)C(C#N)C(=O)C[NH+]1CCOCC1. The molecule has 1 unspecified atom stereocenters. The van der Waals surface area contributed by atoms with Crippen molar-refractivity contribution in [3.63, 3.8) is 0 Å². The Hall–Kier alpha value is -1.25. The van der Waals surface area contributed by atoms with Crippen LogP contribution in [0.3, 0.4) is 0 Å². The first kappa shape index (κ1) is 11.8. The molecule has 1 aliphatic rings. The van der Waals surface area contributed by atoms with Gasteiger partial charge in [-0.2, -0.15) is 5.26 Å². The molecule has 1 fully saturated rings. The number of ether oxygens (including phenoxy) is 1. The maximum Gasteiger partial charge on any atom is 0.209 e. The van der Waals surface area contributed by atoms with Gasteiger partial charge in [0.25, 0.3) is 0 Å². The minimum Gasteiger partial charge on any atom is -0.370 e. The minimum absolute atomic E-state index is 0.134. The second-order valence-electron chi connectivity index (χ2n) is 3.75. The minimum atomic E-state index is -0.861. The fourth-order valence-electron chi connectivity index (χ4n) is 1.60. The van der Waals surface area contributed by atoms with E-state index in [1.807, 2.05) is 6.07 Å². The van der Waals surface area contributed by atoms with E-state index in [-0.39, 0.29) is 11.5 Å². The Kier molecular flexibility index (Phi) is 4.40. The van der Waals surface area contributed by atoms with Crippen molar-refractivity contribution in [2.75, 3.05) is 32.8 Å². The van der Waals surface area contributed by atoms with Crippen molar-refractivity contribution in [3.05, 3.63) is 0 Å². The molecule has 0 aromatic heterocycles. The van der Waals surface area contributed by atoms with Gasteiger partial charge >= 0.3 is 0 Å². The van der Waals surface area contributed by atoms with E-state index in [1.54, 1.807) is 0 Å². The van der Waals surface area contributed by atoms with Gasteiger partial charge in [-0.3, -0.25) is 4.79 Å². The summed E-state index contributed by atoms with van der Waals surface area (Å²) >= 11 is 0. The highest BCUT2D eigenvalue weighted by atomic mass is 16.5. The average molecular weight is 210 g/mol. The van der Waals surface area contributed by atoms with Gasteiger partial charge in [0.1, 0.15) is 25.6 Å². The number of rotatable bonds is 4. The molecular weight excluding hydrogens is 194 g/mol. The lowest BCUT2D eigenvalue weighted by Gasteiger charge is -2.23. The smallest absolute Gasteiger partial charge is 0.209 e. The summed E-state index contributed by atoms with van der Waals surface area (Å²) in [6, 6.07) is 1.87. The van der Waals surface area contributed by atoms with Gasteiger partial charge < -0.3 is 15.0 Å². The molecule has 82 valence electrons. The fourth-order valence-corrected chi connectivity index (χ4v) is 1.60. The number of Topliss-reactive ketones (excluding diaryl/α,β-unsaturated/α-hetero) is 1. The second kappa shape index (κ2) is 5.59. The van der Waals surface area contributed by atoms with Crippen molar-refractivity contribution in [3.8, 4) is 6.07 Å². The standard InChI is InChI=1S/C10H15N3O2/c1-8(12)9(6-11)10(14)7-13-2-4-15-5-3-13/h9,12H,2-5,7H2,1H3/p+1. The Morgan fingerprint density at radius 3 is 2.67 bits per heavy atom. The van der Waals surface area contributed by atoms with Crippen LogP contribution in [0.25, 0.3) is 0 Å². The summed E-state index contributed by atoms with van der Waals surface area (Å²) in [5.74, 6) is -1.01. The summed E-state index contributed by atoms with van der Waals surface area (Å²) in [6.45, 7) is 4.78. The van der Waals surface area contributed by atoms with Crippen molar-refractivity contribution in [2.24, 2.45) is 5.92 Å². The van der Waals surface area contributed by atoms with E-state index in [9.17, 15) is 4.79 Å². The van der Waals surface area contributed by atoms with E-state index >= 15 is 0 Å². The number of nitrogens with one attached hydrogen (secondary N) is 2. The van der Waals surface area contributed by atoms with Gasteiger partial charge in [0.15, 0.2) is 0 Å². The number of hydrogen-bond acceptors (Lipinski definition) is 4. The lowest BCUT2D eigenvalue weighted by atomic mass is 10.0. The Morgan fingerprint density at radius 1 is 1.60 bits per heavy atom. The monoisotopic (exact) mass is 210 g/mol. The summed E-state index contributed by atoms with van der Waals surface area (Å²) < 4.78 is 5.18. The Morgan fingerprint density at radius 2 is 2.20 bits per heavy atom. The van der Waals surface area contributed by atoms with Crippen LogP contribution in [0.5, 0.6) is 0 Å². The summed E-state index contributed by atoms with van der Waals surface area (Å²) in [7, 11) is 0. The van der Waals surface area contributed by atoms with Crippen molar-refractivity contribution in [1.82, 2.24) is 0 Å². The molecule has 0 saturated carbocycles. The summed E-state index contributed by atoms with van der Waals surface area (Å²) in [4.78, 5) is 12.8. The molecule has 2 N–H and O–H groups in total. The highest BCUT2D eigenvalue weighted by Gasteiger charge is 2.25. The van der Waals surface area contributed by atoms with Crippen LogP contribution < -0.4 is 4.90 Å². The molecule has 5 nitrogen and oxygen atoms in total. The topological polar surface area (TPSA) is 78.4 Å². The zero-order valence-corrected chi connectivity index (χ0v) is 8.88. The van der Waals surface area contributed by atoms with Crippen molar-refractivity contribution >= 4 is 11.5 Å². The van der Waals surface area contributed by atoms with Crippen LogP contribution in [0.1, 0.15) is 6.92 Å². The number of carbonyl (C=O) groups is 1. The quantitative estimate of drug-likeness (QED) is 0.563. The maximum absolute atomic E-state index is 11.7. The van der Waals surface area contributed by atoms with Crippen LogP contribution in [0, 0.1) is 22.7 Å². The van der Waals surface area contributed by atoms with Crippen LogP contribution in [0.15, 0.2) is 0 Å². The third kappa shape index (κ3) is 3.42. The predicted octanol–water partition coefficient (Wildman–Crippen LogP) is -1.35. The third-order valence-corrected chi connectivity index (χ3v) is 2.51. The summed E-state index contributed by atoms with van der Waals surface area (Å²) in [5.41, 5.74) is 0.134. The summed E-state index contributed by atoms with van der Waals surface area (Å²) in [6.07, 6.45) is 0. The highest BCUT2D eigenvalue weighted by Crippen LogP contribution is 1.97. The van der Waals surface area contributed by atoms with Gasteiger partial charge in [0.2, 0.25) is 5.78 Å². The maximum atomic E-state index is 11.7. The molecule has 0 spiro atoms. The number of quaternary nitrogens is 1. The van der Waals surface area contributed by atoms with Gasteiger partial charge in [-0.25, -0.2) is 0 Å². The molecule has 0 aliphatic carbocycles. The number of morpholine rings is 1. The van der Waals surface area contributed by atoms with Crippen molar-refractivity contribution in [1.29, 1.82) is 10.7 Å². The molecule has 0 aromatic carbocycles. The Labute approximate surface area is 89.1 Å². The first-order chi connectivity index (χ1) is 7.15. The highest BCUT2D eigenvalue weighted by molar-refractivity contribution is 6.05. The molecule has 0 amide bonds. The lowest BCUT2D eigenvalue weighted by Crippen LogP contribution is -3.15. The van der Waals surface area contributed by atoms with E-state index in [1.165, 1.54) is 6.92 Å². The molecule has 1 heterocycles. The molecule has 1 aliphatic heterocycles. The van der Waals surface area contributed by atoms with Gasteiger partial charge in [-0.15, -0.1) is 0 Å². The normalized spacial score (nSPS) is 19.2. The van der Waals surface area contributed by atoms with Crippen LogP contribution in [-0.2, 0) is 9.53 Å². The van der Waals surface area contributed by atoms with Crippen LogP contribution in [-0.4, -0.2) is 44.3 Å². The molecule has 1 saturated heterocycles. The van der Waals surface area contributed by atoms with Crippen LogP contribution in [0.4, 0.5) is 0 Å². The first-order valence-electron chi connectivity index (χ1n) is 5.04. The van der Waals surface area contributed by atoms with E-state index in [0.29, 0.717) is 19.8 Å². The third-order valence-electron chi connectivity index (χ3n) is 2.51. The zero-order chi connectivity index (χ0) is 11.3. The first-order valence-corrected chi connectivity index (χ1v) is 5.04. The second-order valence-corrected chi connectivity index (χ2v) is 3.75. The number of nitrogens with zero attached hydrogens (tertiary/aromatic N) is 1. The van der Waals surface area contributed by atoms with Gasteiger partial charge in [0, 0.05) is 5.71 Å². The summed E-state index contributed by atoms with van der Waals surface area (Å²) in [5, 5.41) is 16.1. The zero-order valence-electron chi connectivity index (χ0n) is 8.88. The molecule has 1 atom stereocenters. The van der Waals surface area contributed by atoms with Gasteiger partial charge in [-0.05, 0) is 6.92 Å². The molecule has 5 heteroatoms. The van der Waals surface area contributed by atoms with Gasteiger partial charge in [0.05, 0.1) is 19.3 Å². The van der Waals surface area contributed by atoms with Crippen LogP contribution >= 0.6 is 0 Å². The molecule has 0 bridgehead atoms.